The van der Waals surface area contributed by atoms with Crippen LogP contribution in [0.25, 0.3) is 0 Å². The molecule has 1 saturated carbocycles. The van der Waals surface area contributed by atoms with Crippen molar-refractivity contribution >= 4 is 17.7 Å². The number of furan rings is 1. The highest BCUT2D eigenvalue weighted by molar-refractivity contribution is 7.99. The van der Waals surface area contributed by atoms with Gasteiger partial charge in [-0.2, -0.15) is 0 Å². The van der Waals surface area contributed by atoms with E-state index in [9.17, 15) is 9.59 Å². The second-order valence-electron chi connectivity index (χ2n) is 3.94. The normalized spacial score (nSPS) is 14.9. The van der Waals surface area contributed by atoms with E-state index in [0.717, 1.165) is 24.6 Å². The number of aromatic carboxylic acids is 1. The fourth-order valence-electron chi connectivity index (χ4n) is 1.60. The third-order valence-corrected chi connectivity index (χ3v) is 3.46. The monoisotopic (exact) mass is 267 g/mol. The van der Waals surface area contributed by atoms with Crippen molar-refractivity contribution in [1.29, 1.82) is 0 Å². The van der Waals surface area contributed by atoms with Crippen LogP contribution in [-0.2, 0) is 0 Å². The van der Waals surface area contributed by atoms with Gasteiger partial charge in [-0.25, -0.2) is 14.7 Å². The Morgan fingerprint density at radius 3 is 2.94 bits per heavy atom. The van der Waals surface area contributed by atoms with Crippen LogP contribution < -0.4 is 5.69 Å². The van der Waals surface area contributed by atoms with Crippen molar-refractivity contribution in [2.45, 2.75) is 29.1 Å². The van der Waals surface area contributed by atoms with Crippen molar-refractivity contribution in [2.75, 3.05) is 0 Å². The molecular weight excluding hydrogens is 258 g/mol. The quantitative estimate of drug-likeness (QED) is 0.867. The summed E-state index contributed by atoms with van der Waals surface area (Å²) >= 11 is 1.13. The van der Waals surface area contributed by atoms with Gasteiger partial charge in [-0.3, -0.25) is 4.57 Å². The Hall–Kier alpha value is -1.96. The maximum absolute atomic E-state index is 11.5. The molecule has 2 N–H and O–H groups in total. The van der Waals surface area contributed by atoms with Crippen molar-refractivity contribution in [1.82, 2.24) is 14.8 Å². The number of nitrogens with zero attached hydrogens (tertiary/aromatic N) is 2. The molecule has 1 fully saturated rings. The lowest BCUT2D eigenvalue weighted by molar-refractivity contribution is 0.0656. The van der Waals surface area contributed by atoms with Crippen LogP contribution in [0.15, 0.2) is 31.6 Å². The highest BCUT2D eigenvalue weighted by Crippen LogP contribution is 2.37. The molecule has 2 heterocycles. The highest BCUT2D eigenvalue weighted by Gasteiger charge is 2.29. The summed E-state index contributed by atoms with van der Waals surface area (Å²) in [5.74, 6) is -1.25. The van der Waals surface area contributed by atoms with Gasteiger partial charge in [0.15, 0.2) is 10.2 Å². The average Bonchev–Trinajstić information content (AvgIpc) is 2.93. The number of hydrogen-bond acceptors (Lipinski definition) is 5. The van der Waals surface area contributed by atoms with E-state index in [-0.39, 0.29) is 17.5 Å². The van der Waals surface area contributed by atoms with E-state index in [0.29, 0.717) is 10.2 Å². The number of carboxylic acid groups (broad SMARTS) is 1. The fourth-order valence-corrected chi connectivity index (χ4v) is 2.47. The van der Waals surface area contributed by atoms with Crippen LogP contribution in [0.3, 0.4) is 0 Å². The van der Waals surface area contributed by atoms with Crippen LogP contribution >= 0.6 is 11.8 Å². The van der Waals surface area contributed by atoms with E-state index in [2.05, 4.69) is 10.2 Å². The molecule has 7 nitrogen and oxygen atoms in total. The number of H-pyrrole nitrogens is 1. The number of carboxylic acids is 1. The van der Waals surface area contributed by atoms with E-state index < -0.39 is 5.97 Å². The standard InChI is InChI=1S/C10H9N3O4S/c14-8(15)6-3-4-7(17-6)18-10-12-11-9(16)13(10)5-1-2-5/h3-5H,1-2H2,(H,11,16)(H,14,15). The average molecular weight is 267 g/mol. The molecule has 0 spiro atoms. The first-order valence-electron chi connectivity index (χ1n) is 5.33. The molecule has 18 heavy (non-hydrogen) atoms. The zero-order valence-corrected chi connectivity index (χ0v) is 9.94. The predicted octanol–water partition coefficient (Wildman–Crippen LogP) is 1.35. The SMILES string of the molecule is O=C(O)c1ccc(Sc2n[nH]c(=O)n2C2CC2)o1. The molecular formula is C10H9N3O4S. The van der Waals surface area contributed by atoms with Crippen molar-refractivity contribution in [3.05, 3.63) is 28.4 Å². The van der Waals surface area contributed by atoms with Crippen molar-refractivity contribution in [3.8, 4) is 0 Å². The lowest BCUT2D eigenvalue weighted by Crippen LogP contribution is -2.15. The van der Waals surface area contributed by atoms with Crippen molar-refractivity contribution in [3.63, 3.8) is 0 Å². The smallest absolute Gasteiger partial charge is 0.371 e. The van der Waals surface area contributed by atoms with Gasteiger partial charge in [0, 0.05) is 6.04 Å². The third kappa shape index (κ3) is 1.94. The molecule has 1 aliphatic carbocycles. The summed E-state index contributed by atoms with van der Waals surface area (Å²) in [5, 5.41) is 15.9. The topological polar surface area (TPSA) is 101 Å². The van der Waals surface area contributed by atoms with E-state index in [4.69, 9.17) is 9.52 Å². The molecule has 0 amide bonds. The molecule has 0 bridgehead atoms. The lowest BCUT2D eigenvalue weighted by atomic mass is 10.5. The Kier molecular flexibility index (Phi) is 2.51. The summed E-state index contributed by atoms with van der Waals surface area (Å²) in [4.78, 5) is 22.2. The fraction of sp³-hybridized carbons (Fsp3) is 0.300. The lowest BCUT2D eigenvalue weighted by Gasteiger charge is -2.00. The molecule has 94 valence electrons. The Bertz CT molecular complexity index is 652. The maximum Gasteiger partial charge on any atom is 0.371 e. The molecule has 0 aromatic carbocycles. The van der Waals surface area contributed by atoms with Crippen LogP contribution in [0.4, 0.5) is 0 Å². The number of rotatable bonds is 4. The van der Waals surface area contributed by atoms with Crippen LogP contribution in [0.5, 0.6) is 0 Å². The molecule has 0 atom stereocenters. The first-order valence-corrected chi connectivity index (χ1v) is 6.14. The van der Waals surface area contributed by atoms with Crippen molar-refractivity contribution in [2.24, 2.45) is 0 Å². The van der Waals surface area contributed by atoms with Gasteiger partial charge in [0.1, 0.15) is 0 Å². The minimum absolute atomic E-state index is 0.131. The number of aromatic nitrogens is 3. The summed E-state index contributed by atoms with van der Waals surface area (Å²) in [6.07, 6.45) is 1.93. The summed E-state index contributed by atoms with van der Waals surface area (Å²) in [6.45, 7) is 0. The van der Waals surface area contributed by atoms with Gasteiger partial charge in [-0.15, -0.1) is 5.10 Å². The van der Waals surface area contributed by atoms with Gasteiger partial charge in [-0.05, 0) is 36.7 Å². The van der Waals surface area contributed by atoms with Crippen LogP contribution in [0.1, 0.15) is 29.4 Å². The molecule has 2 aromatic heterocycles. The molecule has 8 heteroatoms. The number of carbonyl (C=O) groups is 1. The molecule has 2 aromatic rings. The number of aromatic amines is 1. The Labute approximate surface area is 105 Å². The zero-order valence-electron chi connectivity index (χ0n) is 9.12. The van der Waals surface area contributed by atoms with E-state index in [1.807, 2.05) is 0 Å². The van der Waals surface area contributed by atoms with E-state index in [1.165, 1.54) is 6.07 Å². The van der Waals surface area contributed by atoms with E-state index in [1.54, 1.807) is 10.6 Å². The first-order chi connectivity index (χ1) is 8.65. The molecule has 0 saturated heterocycles. The predicted molar refractivity (Wildman–Crippen MR) is 60.9 cm³/mol. The minimum atomic E-state index is -1.12. The molecule has 3 rings (SSSR count). The summed E-state index contributed by atoms with van der Waals surface area (Å²) < 4.78 is 6.68. The highest BCUT2D eigenvalue weighted by atomic mass is 32.2. The van der Waals surface area contributed by atoms with Gasteiger partial charge in [0.25, 0.3) is 0 Å². The van der Waals surface area contributed by atoms with Gasteiger partial charge in [0.05, 0.1) is 0 Å². The van der Waals surface area contributed by atoms with Gasteiger partial charge in [-0.1, -0.05) is 0 Å². The van der Waals surface area contributed by atoms with Gasteiger partial charge >= 0.3 is 11.7 Å². The number of nitrogens with one attached hydrogen (secondary N) is 1. The van der Waals surface area contributed by atoms with Gasteiger partial charge in [0.2, 0.25) is 5.76 Å². The van der Waals surface area contributed by atoms with Crippen LogP contribution in [-0.4, -0.2) is 25.8 Å². The maximum atomic E-state index is 11.5. The summed E-state index contributed by atoms with van der Waals surface area (Å²) in [5.41, 5.74) is -0.245. The Morgan fingerprint density at radius 2 is 2.33 bits per heavy atom. The third-order valence-electron chi connectivity index (χ3n) is 2.57. The van der Waals surface area contributed by atoms with Crippen LogP contribution in [0.2, 0.25) is 0 Å². The zero-order chi connectivity index (χ0) is 12.7. The Balaban J connectivity index is 1.87. The van der Waals surface area contributed by atoms with Crippen LogP contribution in [0, 0.1) is 0 Å². The molecule has 0 aliphatic heterocycles. The van der Waals surface area contributed by atoms with E-state index >= 15 is 0 Å². The number of hydrogen-bond donors (Lipinski definition) is 2. The molecule has 0 unspecified atom stereocenters. The minimum Gasteiger partial charge on any atom is -0.475 e. The summed E-state index contributed by atoms with van der Waals surface area (Å²) in [7, 11) is 0. The second kappa shape index (κ2) is 4.05. The van der Waals surface area contributed by atoms with Crippen molar-refractivity contribution < 1.29 is 14.3 Å². The second-order valence-corrected chi connectivity index (χ2v) is 4.91. The summed E-state index contributed by atoms with van der Waals surface area (Å²) in [6, 6.07) is 3.12. The first kappa shape index (κ1) is 11.1. The molecule has 0 radical (unpaired) electrons. The Morgan fingerprint density at radius 1 is 1.56 bits per heavy atom. The van der Waals surface area contributed by atoms with Gasteiger partial charge < -0.3 is 9.52 Å². The molecule has 1 aliphatic rings. The largest absolute Gasteiger partial charge is 0.475 e.